The number of aromatic nitrogens is 1. The third-order valence-corrected chi connectivity index (χ3v) is 5.40. The molecule has 1 aromatic carbocycles. The highest BCUT2D eigenvalue weighted by Crippen LogP contribution is 2.18. The molecule has 31 heavy (non-hydrogen) atoms. The lowest BCUT2D eigenvalue weighted by molar-refractivity contribution is 0.270. The fourth-order valence-electron chi connectivity index (χ4n) is 3.60. The maximum Gasteiger partial charge on any atom is 0.179 e. The van der Waals surface area contributed by atoms with E-state index >= 15 is 0 Å². The van der Waals surface area contributed by atoms with Gasteiger partial charge in [-0.2, -0.15) is 5.26 Å². The predicted molar refractivity (Wildman–Crippen MR) is 123 cm³/mol. The number of nitrogens with one attached hydrogen (secondary N) is 2. The summed E-state index contributed by atoms with van der Waals surface area (Å²) < 4.78 is 0. The third-order valence-electron chi connectivity index (χ3n) is 5.18. The van der Waals surface area contributed by atoms with Gasteiger partial charge in [-0.05, 0) is 30.5 Å². The van der Waals surface area contributed by atoms with Crippen LogP contribution in [-0.2, 0) is 6.42 Å². The summed E-state index contributed by atoms with van der Waals surface area (Å²) in [5.74, 6) is 0.303. The van der Waals surface area contributed by atoms with Crippen molar-refractivity contribution in [1.29, 1.82) is 10.7 Å². The molecule has 0 radical (unpaired) electrons. The number of pyridine rings is 1. The first-order valence-corrected chi connectivity index (χ1v) is 10.4. The minimum Gasteiger partial charge on any atom is -0.399 e. The number of allylic oxidation sites excluding steroid dienone is 1. The second kappa shape index (κ2) is 10.0. The first-order chi connectivity index (χ1) is 14.9. The standard InChI is InChI=1S/C23H26ClN7/c1-15(26)21(23(28)30-20-3-2-10-31(13-20)14-25)22(27)17-6-4-16(5-7-17)11-19-9-8-18(24)12-29-19/h4-9,12,20,27,30H,1-3,10-11,13,26,28H2/b23-21-,27-22?. The Bertz CT molecular complexity index is 1020. The summed E-state index contributed by atoms with van der Waals surface area (Å²) in [6, 6.07) is 11.4. The predicted octanol–water partition coefficient (Wildman–Crippen LogP) is 2.87. The molecule has 0 spiro atoms. The van der Waals surface area contributed by atoms with Crippen LogP contribution in [0, 0.1) is 16.9 Å². The number of likely N-dealkylation sites (tertiary alicyclic amines) is 1. The molecular weight excluding hydrogens is 410 g/mol. The Labute approximate surface area is 187 Å². The van der Waals surface area contributed by atoms with Crippen LogP contribution >= 0.6 is 11.6 Å². The monoisotopic (exact) mass is 435 g/mol. The number of nitrogens with zero attached hydrogens (tertiary/aromatic N) is 3. The Hall–Kier alpha value is -3.50. The summed E-state index contributed by atoms with van der Waals surface area (Å²) in [5.41, 5.74) is 15.7. The average Bonchev–Trinajstić information content (AvgIpc) is 2.75. The third kappa shape index (κ3) is 5.77. The topological polar surface area (TPSA) is 128 Å². The fourth-order valence-corrected chi connectivity index (χ4v) is 3.71. The molecule has 6 N–H and O–H groups in total. The molecule has 1 saturated heterocycles. The number of nitrogens with two attached hydrogens (primary N) is 2. The van der Waals surface area contributed by atoms with Gasteiger partial charge < -0.3 is 21.7 Å². The van der Waals surface area contributed by atoms with E-state index in [0.29, 0.717) is 34.9 Å². The van der Waals surface area contributed by atoms with E-state index in [1.807, 2.05) is 36.4 Å². The van der Waals surface area contributed by atoms with Gasteiger partial charge in [0.05, 0.1) is 16.3 Å². The molecule has 1 aliphatic heterocycles. The van der Waals surface area contributed by atoms with E-state index in [1.54, 1.807) is 11.1 Å². The van der Waals surface area contributed by atoms with Crippen LogP contribution in [0.4, 0.5) is 0 Å². The summed E-state index contributed by atoms with van der Waals surface area (Å²) >= 11 is 5.89. The number of piperidine rings is 1. The summed E-state index contributed by atoms with van der Waals surface area (Å²) in [7, 11) is 0. The number of nitriles is 1. The smallest absolute Gasteiger partial charge is 0.179 e. The van der Waals surface area contributed by atoms with E-state index in [9.17, 15) is 0 Å². The molecule has 1 unspecified atom stereocenters. The highest BCUT2D eigenvalue weighted by molar-refractivity contribution is 6.30. The van der Waals surface area contributed by atoms with Crippen molar-refractivity contribution in [3.8, 4) is 6.19 Å². The molecule has 1 aromatic heterocycles. The Balaban J connectivity index is 1.74. The quantitative estimate of drug-likeness (QED) is 0.301. The van der Waals surface area contributed by atoms with E-state index in [0.717, 1.165) is 30.6 Å². The number of benzene rings is 1. The summed E-state index contributed by atoms with van der Waals surface area (Å²) in [5, 5.41) is 21.6. The minimum atomic E-state index is 0.0183. The van der Waals surface area contributed by atoms with E-state index in [1.165, 1.54) is 0 Å². The van der Waals surface area contributed by atoms with E-state index in [-0.39, 0.29) is 17.5 Å². The zero-order valence-electron chi connectivity index (χ0n) is 17.2. The molecular formula is C23H26ClN7. The van der Waals surface area contributed by atoms with Crippen molar-refractivity contribution in [1.82, 2.24) is 15.2 Å². The van der Waals surface area contributed by atoms with Gasteiger partial charge in [0.15, 0.2) is 6.19 Å². The van der Waals surface area contributed by atoms with Gasteiger partial charge in [-0.1, -0.05) is 42.4 Å². The molecule has 160 valence electrons. The zero-order chi connectivity index (χ0) is 22.4. The van der Waals surface area contributed by atoms with Crippen LogP contribution in [-0.4, -0.2) is 34.7 Å². The second-order valence-corrected chi connectivity index (χ2v) is 8.00. The maximum atomic E-state index is 9.13. The number of hydrogen-bond acceptors (Lipinski definition) is 7. The summed E-state index contributed by atoms with van der Waals surface area (Å²) in [6.45, 7) is 5.13. The van der Waals surface area contributed by atoms with Crippen molar-refractivity contribution in [2.24, 2.45) is 11.5 Å². The molecule has 0 amide bonds. The van der Waals surface area contributed by atoms with Gasteiger partial charge in [0.2, 0.25) is 0 Å². The fraction of sp³-hybridized carbons (Fsp3) is 0.261. The Morgan fingerprint density at radius 2 is 2.03 bits per heavy atom. The normalized spacial score (nSPS) is 16.8. The molecule has 1 aliphatic rings. The number of hydrogen-bond donors (Lipinski definition) is 4. The maximum absolute atomic E-state index is 9.13. The van der Waals surface area contributed by atoms with Crippen LogP contribution in [0.1, 0.15) is 29.7 Å². The molecule has 1 atom stereocenters. The lowest BCUT2D eigenvalue weighted by Gasteiger charge is -2.30. The Morgan fingerprint density at radius 1 is 1.29 bits per heavy atom. The lowest BCUT2D eigenvalue weighted by Crippen LogP contribution is -2.45. The minimum absolute atomic E-state index is 0.0183. The van der Waals surface area contributed by atoms with Crippen LogP contribution in [0.3, 0.4) is 0 Å². The van der Waals surface area contributed by atoms with Crippen molar-refractivity contribution >= 4 is 17.3 Å². The summed E-state index contributed by atoms with van der Waals surface area (Å²) in [4.78, 5) is 6.01. The molecule has 1 fully saturated rings. The molecule has 0 saturated carbocycles. The van der Waals surface area contributed by atoms with E-state index in [4.69, 9.17) is 33.7 Å². The average molecular weight is 436 g/mol. The van der Waals surface area contributed by atoms with Crippen molar-refractivity contribution < 1.29 is 0 Å². The number of halogens is 1. The van der Waals surface area contributed by atoms with Gasteiger partial charge in [-0.15, -0.1) is 0 Å². The molecule has 3 rings (SSSR count). The highest BCUT2D eigenvalue weighted by atomic mass is 35.5. The molecule has 0 aliphatic carbocycles. The van der Waals surface area contributed by atoms with Crippen LogP contribution in [0.2, 0.25) is 5.02 Å². The van der Waals surface area contributed by atoms with Gasteiger partial charge in [0.1, 0.15) is 5.82 Å². The largest absolute Gasteiger partial charge is 0.399 e. The Kier molecular flexibility index (Phi) is 7.16. The van der Waals surface area contributed by atoms with Gasteiger partial charge in [-0.25, -0.2) is 0 Å². The first kappa shape index (κ1) is 22.2. The molecule has 0 bridgehead atoms. The van der Waals surface area contributed by atoms with Crippen LogP contribution < -0.4 is 16.8 Å². The number of rotatable bonds is 7. The highest BCUT2D eigenvalue weighted by Gasteiger charge is 2.21. The van der Waals surface area contributed by atoms with Gasteiger partial charge >= 0.3 is 0 Å². The molecule has 2 heterocycles. The van der Waals surface area contributed by atoms with Crippen molar-refractivity contribution in [2.75, 3.05) is 13.1 Å². The van der Waals surface area contributed by atoms with E-state index < -0.39 is 0 Å². The summed E-state index contributed by atoms with van der Waals surface area (Å²) in [6.07, 6.45) is 6.26. The molecule has 2 aromatic rings. The van der Waals surface area contributed by atoms with E-state index in [2.05, 4.69) is 23.1 Å². The van der Waals surface area contributed by atoms with Crippen LogP contribution in [0.25, 0.3) is 0 Å². The van der Waals surface area contributed by atoms with Crippen molar-refractivity contribution in [3.05, 3.63) is 88.1 Å². The first-order valence-electron chi connectivity index (χ1n) is 10.0. The zero-order valence-corrected chi connectivity index (χ0v) is 18.0. The second-order valence-electron chi connectivity index (χ2n) is 7.56. The SMILES string of the molecule is C=C(N)/C(C(=N)c1ccc(Cc2ccc(Cl)cn2)cc1)=C(\N)NC1CCCN(C#N)C1. The van der Waals surface area contributed by atoms with Gasteiger partial charge in [0.25, 0.3) is 0 Å². The van der Waals surface area contributed by atoms with Gasteiger partial charge in [0, 0.05) is 48.7 Å². The van der Waals surface area contributed by atoms with Crippen LogP contribution in [0.15, 0.2) is 66.3 Å². The van der Waals surface area contributed by atoms with Crippen LogP contribution in [0.5, 0.6) is 0 Å². The Morgan fingerprint density at radius 3 is 2.65 bits per heavy atom. The van der Waals surface area contributed by atoms with Gasteiger partial charge in [-0.3, -0.25) is 10.4 Å². The van der Waals surface area contributed by atoms with Crippen molar-refractivity contribution in [2.45, 2.75) is 25.3 Å². The molecule has 7 nitrogen and oxygen atoms in total. The lowest BCUT2D eigenvalue weighted by atomic mass is 9.97. The molecule has 8 heteroatoms. The van der Waals surface area contributed by atoms with Crippen molar-refractivity contribution in [3.63, 3.8) is 0 Å².